The lowest BCUT2D eigenvalue weighted by atomic mass is 10.1. The maximum atomic E-state index is 13.5. The monoisotopic (exact) mass is 495 g/mol. The second-order valence-electron chi connectivity index (χ2n) is 8.35. The second kappa shape index (κ2) is 11.0. The number of carbonyl (C=O) groups is 2. The number of para-hydroxylation sites is 1. The standard InChI is InChI=1S/C26H29N3O5S/c1-4-28(19-9-6-5-7-10-19)23(30)17(2)35-26-27-22-15-18(25(32)33-3)12-13-21(22)24(31)29(26)16-20-11-8-14-34-20/h5-7,9-10,12-13,15,17,20H,4,8,11,14,16H2,1-3H3. The normalized spacial score (nSPS) is 16.3. The number of carbonyl (C=O) groups excluding carboxylic acids is 2. The molecule has 8 nitrogen and oxygen atoms in total. The van der Waals surface area contributed by atoms with Gasteiger partial charge in [-0.05, 0) is 57.0 Å². The summed E-state index contributed by atoms with van der Waals surface area (Å²) in [6, 6.07) is 14.2. The lowest BCUT2D eigenvalue weighted by Gasteiger charge is -2.25. The summed E-state index contributed by atoms with van der Waals surface area (Å²) in [5.74, 6) is -0.582. The van der Waals surface area contributed by atoms with E-state index in [1.807, 2.05) is 44.2 Å². The fraction of sp³-hybridized carbons (Fsp3) is 0.385. The van der Waals surface area contributed by atoms with Gasteiger partial charge in [0.15, 0.2) is 5.16 Å². The highest BCUT2D eigenvalue weighted by Crippen LogP contribution is 2.27. The topological polar surface area (TPSA) is 90.7 Å². The van der Waals surface area contributed by atoms with Crippen LogP contribution < -0.4 is 10.5 Å². The molecule has 1 aliphatic rings. The Morgan fingerprint density at radius 3 is 2.69 bits per heavy atom. The molecule has 1 amide bonds. The highest BCUT2D eigenvalue weighted by Gasteiger charge is 2.26. The summed E-state index contributed by atoms with van der Waals surface area (Å²) in [4.78, 5) is 45.3. The number of methoxy groups -OCH3 is 1. The summed E-state index contributed by atoms with van der Waals surface area (Å²) in [5, 5.41) is 0.322. The van der Waals surface area contributed by atoms with Crippen molar-refractivity contribution >= 4 is 40.2 Å². The number of amides is 1. The number of thioether (sulfide) groups is 1. The van der Waals surface area contributed by atoms with Gasteiger partial charge in [-0.3, -0.25) is 14.2 Å². The number of esters is 1. The summed E-state index contributed by atoms with van der Waals surface area (Å²) < 4.78 is 12.2. The van der Waals surface area contributed by atoms with Crippen LogP contribution in [0, 0.1) is 0 Å². The highest BCUT2D eigenvalue weighted by atomic mass is 32.2. The van der Waals surface area contributed by atoms with E-state index in [4.69, 9.17) is 14.5 Å². The third-order valence-electron chi connectivity index (χ3n) is 6.03. The number of rotatable bonds is 8. The van der Waals surface area contributed by atoms with Crippen molar-refractivity contribution in [2.24, 2.45) is 0 Å². The predicted molar refractivity (Wildman–Crippen MR) is 136 cm³/mol. The fourth-order valence-electron chi connectivity index (χ4n) is 4.19. The number of benzene rings is 2. The SMILES string of the molecule is CCN(C(=O)C(C)Sc1nc2cc(C(=O)OC)ccc2c(=O)n1CC1CCCO1)c1ccccc1. The van der Waals surface area contributed by atoms with Crippen LogP contribution in [0.25, 0.3) is 10.9 Å². The zero-order valence-electron chi connectivity index (χ0n) is 20.1. The highest BCUT2D eigenvalue weighted by molar-refractivity contribution is 8.00. The molecule has 0 aliphatic carbocycles. The fourth-order valence-corrected chi connectivity index (χ4v) is 5.17. The molecule has 0 N–H and O–H groups in total. The van der Waals surface area contributed by atoms with Crippen LogP contribution in [-0.2, 0) is 20.8 Å². The van der Waals surface area contributed by atoms with Gasteiger partial charge in [0, 0.05) is 18.8 Å². The molecule has 2 atom stereocenters. The van der Waals surface area contributed by atoms with E-state index in [1.54, 1.807) is 27.7 Å². The Kier molecular flexibility index (Phi) is 7.87. The lowest BCUT2D eigenvalue weighted by Crippen LogP contribution is -2.37. The van der Waals surface area contributed by atoms with E-state index < -0.39 is 11.2 Å². The van der Waals surface area contributed by atoms with Crippen molar-refractivity contribution in [3.05, 3.63) is 64.4 Å². The number of hydrogen-bond donors (Lipinski definition) is 0. The van der Waals surface area contributed by atoms with Crippen LogP contribution in [0.2, 0.25) is 0 Å². The number of nitrogens with zero attached hydrogens (tertiary/aromatic N) is 3. The molecule has 184 valence electrons. The minimum atomic E-state index is -0.503. The van der Waals surface area contributed by atoms with Gasteiger partial charge in [0.05, 0.1) is 41.5 Å². The van der Waals surface area contributed by atoms with Gasteiger partial charge >= 0.3 is 5.97 Å². The van der Waals surface area contributed by atoms with Gasteiger partial charge in [0.2, 0.25) is 5.91 Å². The van der Waals surface area contributed by atoms with Crippen LogP contribution in [0.1, 0.15) is 37.0 Å². The zero-order valence-corrected chi connectivity index (χ0v) is 20.9. The molecule has 2 unspecified atom stereocenters. The predicted octanol–water partition coefficient (Wildman–Crippen LogP) is 3.90. The Bertz CT molecular complexity index is 1270. The van der Waals surface area contributed by atoms with Crippen LogP contribution in [-0.4, -0.2) is 53.0 Å². The number of ether oxygens (including phenoxy) is 2. The van der Waals surface area contributed by atoms with E-state index in [0.717, 1.165) is 18.5 Å². The summed E-state index contributed by atoms with van der Waals surface area (Å²) >= 11 is 1.24. The Balaban J connectivity index is 1.72. The Hall–Kier alpha value is -3.17. The van der Waals surface area contributed by atoms with E-state index in [-0.39, 0.29) is 17.6 Å². The largest absolute Gasteiger partial charge is 0.465 e. The minimum Gasteiger partial charge on any atom is -0.465 e. The summed E-state index contributed by atoms with van der Waals surface area (Å²) in [6.07, 6.45) is 1.73. The number of hydrogen-bond acceptors (Lipinski definition) is 7. The van der Waals surface area contributed by atoms with E-state index in [0.29, 0.717) is 41.3 Å². The van der Waals surface area contributed by atoms with E-state index >= 15 is 0 Å². The molecule has 2 heterocycles. The van der Waals surface area contributed by atoms with Gasteiger partial charge in [-0.25, -0.2) is 9.78 Å². The maximum absolute atomic E-state index is 13.5. The Labute approximate surface area is 208 Å². The van der Waals surface area contributed by atoms with Crippen LogP contribution in [0.5, 0.6) is 0 Å². The number of aromatic nitrogens is 2. The van der Waals surface area contributed by atoms with E-state index in [9.17, 15) is 14.4 Å². The Morgan fingerprint density at radius 2 is 2.03 bits per heavy atom. The average Bonchev–Trinajstić information content (AvgIpc) is 3.40. The first kappa shape index (κ1) is 24.9. The van der Waals surface area contributed by atoms with Crippen LogP contribution >= 0.6 is 11.8 Å². The van der Waals surface area contributed by atoms with Gasteiger partial charge in [-0.15, -0.1) is 0 Å². The average molecular weight is 496 g/mol. The zero-order chi connectivity index (χ0) is 24.9. The first-order valence-corrected chi connectivity index (χ1v) is 12.6. The summed E-state index contributed by atoms with van der Waals surface area (Å²) in [5.41, 5.74) is 1.29. The van der Waals surface area contributed by atoms with Gasteiger partial charge in [-0.1, -0.05) is 30.0 Å². The van der Waals surface area contributed by atoms with E-state index in [2.05, 4.69) is 0 Å². The smallest absolute Gasteiger partial charge is 0.337 e. The molecule has 3 aromatic rings. The molecule has 1 aromatic heterocycles. The molecule has 0 radical (unpaired) electrons. The van der Waals surface area contributed by atoms with Crippen LogP contribution in [0.15, 0.2) is 58.5 Å². The van der Waals surface area contributed by atoms with Crippen molar-refractivity contribution in [3.63, 3.8) is 0 Å². The molecule has 0 bridgehead atoms. The lowest BCUT2D eigenvalue weighted by molar-refractivity contribution is -0.117. The molecule has 1 fully saturated rings. The molecule has 1 aliphatic heterocycles. The van der Waals surface area contributed by atoms with Crippen molar-refractivity contribution in [1.29, 1.82) is 0 Å². The molecule has 0 saturated carbocycles. The van der Waals surface area contributed by atoms with Crippen molar-refractivity contribution < 1.29 is 19.1 Å². The van der Waals surface area contributed by atoms with Gasteiger partial charge in [-0.2, -0.15) is 0 Å². The third-order valence-corrected chi connectivity index (χ3v) is 7.11. The molecular formula is C26H29N3O5S. The first-order valence-electron chi connectivity index (χ1n) is 11.7. The Morgan fingerprint density at radius 1 is 1.26 bits per heavy atom. The number of anilines is 1. The van der Waals surface area contributed by atoms with Crippen LogP contribution in [0.3, 0.4) is 0 Å². The third kappa shape index (κ3) is 5.41. The summed E-state index contributed by atoms with van der Waals surface area (Å²) in [7, 11) is 1.31. The molecular weight excluding hydrogens is 466 g/mol. The molecule has 4 rings (SSSR count). The van der Waals surface area contributed by atoms with Crippen molar-refractivity contribution in [2.45, 2.75) is 49.7 Å². The van der Waals surface area contributed by atoms with Gasteiger partial charge < -0.3 is 14.4 Å². The molecule has 0 spiro atoms. The quantitative estimate of drug-likeness (QED) is 0.266. The van der Waals surface area contributed by atoms with Crippen molar-refractivity contribution in [1.82, 2.24) is 9.55 Å². The maximum Gasteiger partial charge on any atom is 0.337 e. The van der Waals surface area contributed by atoms with Crippen molar-refractivity contribution in [3.8, 4) is 0 Å². The van der Waals surface area contributed by atoms with Crippen molar-refractivity contribution in [2.75, 3.05) is 25.2 Å². The first-order chi connectivity index (χ1) is 16.9. The van der Waals surface area contributed by atoms with E-state index in [1.165, 1.54) is 18.9 Å². The van der Waals surface area contributed by atoms with Gasteiger partial charge in [0.1, 0.15) is 0 Å². The second-order valence-corrected chi connectivity index (χ2v) is 9.65. The number of fused-ring (bicyclic) bond motifs is 1. The molecule has 9 heteroatoms. The molecule has 35 heavy (non-hydrogen) atoms. The summed E-state index contributed by atoms with van der Waals surface area (Å²) in [6.45, 7) is 5.29. The molecule has 1 saturated heterocycles. The molecule has 2 aromatic carbocycles. The van der Waals surface area contributed by atoms with Gasteiger partial charge in [0.25, 0.3) is 5.56 Å². The van der Waals surface area contributed by atoms with Crippen LogP contribution in [0.4, 0.5) is 5.69 Å². The minimum absolute atomic E-state index is 0.0787.